The average Bonchev–Trinajstić information content (AvgIpc) is 3.11. The molecule has 4 rings (SSSR count). The van der Waals surface area contributed by atoms with Crippen molar-refractivity contribution in [2.75, 3.05) is 7.11 Å². The summed E-state index contributed by atoms with van der Waals surface area (Å²) in [7, 11) is 1.62. The minimum atomic E-state index is 0.612. The molecule has 0 amide bonds. The molecule has 4 heterocycles. The van der Waals surface area contributed by atoms with Crippen LogP contribution in [-0.2, 0) is 0 Å². The lowest BCUT2D eigenvalue weighted by Gasteiger charge is -1.96. The summed E-state index contributed by atoms with van der Waals surface area (Å²) < 4.78 is 6.29. The Kier molecular flexibility index (Phi) is 2.13. The molecule has 19 heavy (non-hydrogen) atoms. The van der Waals surface area contributed by atoms with Crippen molar-refractivity contribution >= 4 is 32.6 Å². The maximum absolute atomic E-state index is 5.14. The summed E-state index contributed by atoms with van der Waals surface area (Å²) in [6, 6.07) is 7.82. The SMILES string of the molecule is COc1ccc2[nH]c(-c3n[nH]c4ccsc34)cc2n1. The predicted molar refractivity (Wildman–Crippen MR) is 75.6 cm³/mol. The van der Waals surface area contributed by atoms with Crippen molar-refractivity contribution < 1.29 is 4.74 Å². The summed E-state index contributed by atoms with van der Waals surface area (Å²) in [4.78, 5) is 7.74. The number of methoxy groups -OCH3 is 1. The second-order valence-corrected chi connectivity index (χ2v) is 5.12. The van der Waals surface area contributed by atoms with Crippen molar-refractivity contribution in [3.05, 3.63) is 29.6 Å². The van der Waals surface area contributed by atoms with E-state index in [4.69, 9.17) is 4.74 Å². The number of nitrogens with one attached hydrogen (secondary N) is 2. The van der Waals surface area contributed by atoms with Crippen LogP contribution >= 0.6 is 11.3 Å². The second-order valence-electron chi connectivity index (χ2n) is 4.21. The molecule has 0 spiro atoms. The van der Waals surface area contributed by atoms with Crippen molar-refractivity contribution in [3.63, 3.8) is 0 Å². The molecular weight excluding hydrogens is 260 g/mol. The molecule has 0 radical (unpaired) electrons. The van der Waals surface area contributed by atoms with E-state index >= 15 is 0 Å². The molecule has 0 saturated heterocycles. The van der Waals surface area contributed by atoms with E-state index in [1.807, 2.05) is 24.3 Å². The molecule has 6 heteroatoms. The highest BCUT2D eigenvalue weighted by atomic mass is 32.1. The Hall–Kier alpha value is -2.34. The third-order valence-electron chi connectivity index (χ3n) is 3.08. The monoisotopic (exact) mass is 270 g/mol. The Morgan fingerprint density at radius 1 is 1.21 bits per heavy atom. The Bertz CT molecular complexity index is 873. The molecular formula is C13H10N4OS. The zero-order valence-corrected chi connectivity index (χ0v) is 10.9. The maximum Gasteiger partial charge on any atom is 0.213 e. The fourth-order valence-electron chi connectivity index (χ4n) is 2.16. The molecule has 0 bridgehead atoms. The van der Waals surface area contributed by atoms with Crippen LogP contribution in [0.4, 0.5) is 0 Å². The number of thiophene rings is 1. The highest BCUT2D eigenvalue weighted by Gasteiger charge is 2.12. The molecule has 4 aromatic rings. The predicted octanol–water partition coefficient (Wildman–Crippen LogP) is 3.18. The molecule has 0 saturated carbocycles. The molecule has 0 aliphatic carbocycles. The average molecular weight is 270 g/mol. The lowest BCUT2D eigenvalue weighted by Crippen LogP contribution is -1.85. The summed E-state index contributed by atoms with van der Waals surface area (Å²) in [5.74, 6) is 0.612. The number of pyridine rings is 1. The van der Waals surface area contributed by atoms with Gasteiger partial charge < -0.3 is 9.72 Å². The number of hydrogen-bond acceptors (Lipinski definition) is 4. The highest BCUT2D eigenvalue weighted by Crippen LogP contribution is 2.31. The van der Waals surface area contributed by atoms with Crippen molar-refractivity contribution in [2.45, 2.75) is 0 Å². The van der Waals surface area contributed by atoms with E-state index in [-0.39, 0.29) is 0 Å². The van der Waals surface area contributed by atoms with Crippen LogP contribution in [0.1, 0.15) is 0 Å². The first-order valence-corrected chi connectivity index (χ1v) is 6.69. The second kappa shape index (κ2) is 3.83. The third kappa shape index (κ3) is 1.53. The minimum absolute atomic E-state index is 0.612. The van der Waals surface area contributed by atoms with Crippen LogP contribution < -0.4 is 4.74 Å². The highest BCUT2D eigenvalue weighted by molar-refractivity contribution is 7.17. The van der Waals surface area contributed by atoms with Gasteiger partial charge >= 0.3 is 0 Å². The van der Waals surface area contributed by atoms with Gasteiger partial charge in [0.15, 0.2) is 0 Å². The van der Waals surface area contributed by atoms with Crippen LogP contribution in [-0.4, -0.2) is 27.3 Å². The van der Waals surface area contributed by atoms with E-state index in [2.05, 4.69) is 25.5 Å². The first-order chi connectivity index (χ1) is 9.35. The number of nitrogens with zero attached hydrogens (tertiary/aromatic N) is 2. The smallest absolute Gasteiger partial charge is 0.213 e. The van der Waals surface area contributed by atoms with Crippen molar-refractivity contribution in [1.82, 2.24) is 20.2 Å². The van der Waals surface area contributed by atoms with Gasteiger partial charge in [-0.25, -0.2) is 4.98 Å². The minimum Gasteiger partial charge on any atom is -0.481 e. The fraction of sp³-hybridized carbons (Fsp3) is 0.0769. The van der Waals surface area contributed by atoms with E-state index < -0.39 is 0 Å². The molecule has 2 N–H and O–H groups in total. The third-order valence-corrected chi connectivity index (χ3v) is 4.00. The first-order valence-electron chi connectivity index (χ1n) is 5.81. The zero-order valence-electron chi connectivity index (χ0n) is 10.1. The molecule has 0 fully saturated rings. The van der Waals surface area contributed by atoms with E-state index in [9.17, 15) is 0 Å². The lowest BCUT2D eigenvalue weighted by atomic mass is 10.3. The summed E-state index contributed by atoms with van der Waals surface area (Å²) in [5, 5.41) is 9.44. The van der Waals surface area contributed by atoms with Crippen LogP contribution in [0.5, 0.6) is 5.88 Å². The van der Waals surface area contributed by atoms with Gasteiger partial charge in [-0.2, -0.15) is 5.10 Å². The van der Waals surface area contributed by atoms with Crippen molar-refractivity contribution in [3.8, 4) is 17.3 Å². The molecule has 94 valence electrons. The van der Waals surface area contributed by atoms with E-state index in [1.165, 1.54) is 0 Å². The van der Waals surface area contributed by atoms with E-state index in [1.54, 1.807) is 18.4 Å². The number of rotatable bonds is 2. The first kappa shape index (κ1) is 10.6. The van der Waals surface area contributed by atoms with Gasteiger partial charge in [0.05, 0.1) is 34.1 Å². The van der Waals surface area contributed by atoms with E-state index in [0.717, 1.165) is 32.6 Å². The van der Waals surface area contributed by atoms with Crippen LogP contribution in [0.2, 0.25) is 0 Å². The Labute approximate surface area is 112 Å². The number of H-pyrrole nitrogens is 2. The van der Waals surface area contributed by atoms with Crippen LogP contribution in [0, 0.1) is 0 Å². The van der Waals surface area contributed by atoms with Gasteiger partial charge in [-0.05, 0) is 23.6 Å². The number of hydrogen-bond donors (Lipinski definition) is 2. The fourth-order valence-corrected chi connectivity index (χ4v) is 3.01. The number of ether oxygens (including phenoxy) is 1. The largest absolute Gasteiger partial charge is 0.481 e. The summed E-state index contributed by atoms with van der Waals surface area (Å²) in [6.07, 6.45) is 0. The number of aromatic amines is 2. The zero-order chi connectivity index (χ0) is 12.8. The normalized spacial score (nSPS) is 11.4. The lowest BCUT2D eigenvalue weighted by molar-refractivity contribution is 0.399. The van der Waals surface area contributed by atoms with Gasteiger partial charge in [-0.1, -0.05) is 0 Å². The molecule has 0 aromatic carbocycles. The quantitative estimate of drug-likeness (QED) is 0.588. The Balaban J connectivity index is 1.93. The van der Waals surface area contributed by atoms with Crippen molar-refractivity contribution in [2.24, 2.45) is 0 Å². The van der Waals surface area contributed by atoms with Gasteiger partial charge in [0, 0.05) is 6.07 Å². The Morgan fingerprint density at radius 3 is 3.05 bits per heavy atom. The number of aromatic nitrogens is 4. The number of fused-ring (bicyclic) bond motifs is 2. The maximum atomic E-state index is 5.14. The van der Waals surface area contributed by atoms with Crippen LogP contribution in [0.15, 0.2) is 29.6 Å². The molecule has 0 atom stereocenters. The standard InChI is InChI=1S/C13H10N4OS/c1-18-11-3-2-7-9(15-11)6-10(14-7)12-13-8(16-17-12)4-5-19-13/h2-6,14H,1H3,(H,16,17). The molecule has 0 aliphatic heterocycles. The van der Waals surface area contributed by atoms with Gasteiger partial charge in [-0.15, -0.1) is 11.3 Å². The van der Waals surface area contributed by atoms with Gasteiger partial charge in [0.25, 0.3) is 0 Å². The molecule has 0 unspecified atom stereocenters. The van der Waals surface area contributed by atoms with Gasteiger partial charge in [0.2, 0.25) is 5.88 Å². The summed E-state index contributed by atoms with van der Waals surface area (Å²) in [5.41, 5.74) is 4.81. The molecule has 4 aromatic heterocycles. The van der Waals surface area contributed by atoms with E-state index in [0.29, 0.717) is 5.88 Å². The van der Waals surface area contributed by atoms with Crippen LogP contribution in [0.25, 0.3) is 32.6 Å². The van der Waals surface area contributed by atoms with Crippen molar-refractivity contribution in [1.29, 1.82) is 0 Å². The topological polar surface area (TPSA) is 66.6 Å². The van der Waals surface area contributed by atoms with Gasteiger partial charge in [-0.3, -0.25) is 5.10 Å². The van der Waals surface area contributed by atoms with Gasteiger partial charge in [0.1, 0.15) is 5.69 Å². The molecule has 5 nitrogen and oxygen atoms in total. The summed E-state index contributed by atoms with van der Waals surface area (Å²) >= 11 is 1.67. The van der Waals surface area contributed by atoms with Crippen LogP contribution in [0.3, 0.4) is 0 Å². The Morgan fingerprint density at radius 2 is 2.16 bits per heavy atom. The molecule has 0 aliphatic rings. The summed E-state index contributed by atoms with van der Waals surface area (Å²) in [6.45, 7) is 0.